The number of carbonyl (C=O) groups excluding carboxylic acids is 2. The van der Waals surface area contributed by atoms with Crippen molar-refractivity contribution in [2.45, 2.75) is 6.92 Å². The van der Waals surface area contributed by atoms with E-state index in [4.69, 9.17) is 0 Å². The van der Waals surface area contributed by atoms with E-state index in [1.54, 1.807) is 30.3 Å². The average molecular weight is 377 g/mol. The summed E-state index contributed by atoms with van der Waals surface area (Å²) in [6, 6.07) is 10.8. The highest BCUT2D eigenvalue weighted by Gasteiger charge is 2.07. The number of hydrogen-bond acceptors (Lipinski definition) is 2. The van der Waals surface area contributed by atoms with Crippen molar-refractivity contribution in [3.63, 3.8) is 0 Å². The molecule has 0 heterocycles. The van der Waals surface area contributed by atoms with Crippen molar-refractivity contribution in [3.05, 3.63) is 75.5 Å². The standard InChI is InChI=1S/C17H14BrFN2O2/c1-11-2-6-13(10-15(11)18)17(23)21-20-16(22)9-5-12-3-7-14(19)8-4-12/h2-10H,1H3,(H,20,22)(H,21,23)/b9-5+. The smallest absolute Gasteiger partial charge is 0.268 e. The lowest BCUT2D eigenvalue weighted by Crippen LogP contribution is -2.40. The molecule has 0 atom stereocenters. The quantitative estimate of drug-likeness (QED) is 0.637. The van der Waals surface area contributed by atoms with Crippen molar-refractivity contribution in [1.29, 1.82) is 0 Å². The maximum Gasteiger partial charge on any atom is 0.269 e. The number of rotatable bonds is 3. The molecule has 0 bridgehead atoms. The number of benzene rings is 2. The van der Waals surface area contributed by atoms with Crippen LogP contribution in [0.25, 0.3) is 6.08 Å². The summed E-state index contributed by atoms with van der Waals surface area (Å²) in [6.07, 6.45) is 2.77. The molecule has 23 heavy (non-hydrogen) atoms. The van der Waals surface area contributed by atoms with E-state index in [0.717, 1.165) is 10.0 Å². The summed E-state index contributed by atoms with van der Waals surface area (Å²) in [7, 11) is 0. The Morgan fingerprint density at radius 3 is 2.43 bits per heavy atom. The predicted molar refractivity (Wildman–Crippen MR) is 89.9 cm³/mol. The van der Waals surface area contributed by atoms with Crippen molar-refractivity contribution < 1.29 is 14.0 Å². The fraction of sp³-hybridized carbons (Fsp3) is 0.0588. The Bertz CT molecular complexity index is 758. The summed E-state index contributed by atoms with van der Waals surface area (Å²) in [5.41, 5.74) is 6.71. The normalized spacial score (nSPS) is 10.6. The zero-order chi connectivity index (χ0) is 16.8. The number of halogens is 2. The molecule has 118 valence electrons. The van der Waals surface area contributed by atoms with Gasteiger partial charge in [-0.25, -0.2) is 4.39 Å². The summed E-state index contributed by atoms with van der Waals surface area (Å²) in [5, 5.41) is 0. The fourth-order valence-corrected chi connectivity index (χ4v) is 2.09. The van der Waals surface area contributed by atoms with E-state index in [9.17, 15) is 14.0 Å². The second kappa shape index (κ2) is 7.69. The number of hydrogen-bond donors (Lipinski definition) is 2. The van der Waals surface area contributed by atoms with Gasteiger partial charge in [-0.15, -0.1) is 0 Å². The zero-order valence-corrected chi connectivity index (χ0v) is 13.9. The van der Waals surface area contributed by atoms with Crippen molar-refractivity contribution in [1.82, 2.24) is 10.9 Å². The molecule has 0 spiro atoms. The largest absolute Gasteiger partial charge is 0.269 e. The number of aryl methyl sites for hydroxylation is 1. The SMILES string of the molecule is Cc1ccc(C(=O)NNC(=O)/C=C/c2ccc(F)cc2)cc1Br. The second-order valence-corrected chi connectivity index (χ2v) is 5.65. The number of nitrogens with one attached hydrogen (secondary N) is 2. The molecule has 0 aliphatic heterocycles. The van der Waals surface area contributed by atoms with Crippen molar-refractivity contribution in [3.8, 4) is 0 Å². The lowest BCUT2D eigenvalue weighted by Gasteiger charge is -2.06. The third-order valence-corrected chi connectivity index (χ3v) is 3.88. The van der Waals surface area contributed by atoms with Gasteiger partial charge in [-0.1, -0.05) is 34.1 Å². The van der Waals surface area contributed by atoms with Gasteiger partial charge >= 0.3 is 0 Å². The van der Waals surface area contributed by atoms with Crippen LogP contribution in [0, 0.1) is 12.7 Å². The number of amides is 2. The fourth-order valence-electron chi connectivity index (χ4n) is 1.71. The topological polar surface area (TPSA) is 58.2 Å². The first-order valence-corrected chi connectivity index (χ1v) is 7.55. The number of hydrazine groups is 1. The molecule has 2 aromatic carbocycles. The van der Waals surface area contributed by atoms with Crippen molar-refractivity contribution in [2.24, 2.45) is 0 Å². The van der Waals surface area contributed by atoms with Gasteiger partial charge in [0.05, 0.1) is 0 Å². The van der Waals surface area contributed by atoms with Crippen LogP contribution in [-0.4, -0.2) is 11.8 Å². The van der Waals surface area contributed by atoms with Gasteiger partial charge in [0.15, 0.2) is 0 Å². The van der Waals surface area contributed by atoms with Crippen LogP contribution in [0.4, 0.5) is 4.39 Å². The average Bonchev–Trinajstić information content (AvgIpc) is 2.54. The molecule has 0 saturated carbocycles. The highest BCUT2D eigenvalue weighted by Crippen LogP contribution is 2.17. The van der Waals surface area contributed by atoms with Gasteiger partial charge in [0.2, 0.25) is 0 Å². The molecule has 0 aliphatic carbocycles. The van der Waals surface area contributed by atoms with Gasteiger partial charge in [-0.05, 0) is 48.4 Å². The van der Waals surface area contributed by atoms with E-state index in [1.807, 2.05) is 6.92 Å². The van der Waals surface area contributed by atoms with E-state index < -0.39 is 11.8 Å². The van der Waals surface area contributed by atoms with Crippen molar-refractivity contribution in [2.75, 3.05) is 0 Å². The van der Waals surface area contributed by atoms with Crippen LogP contribution in [0.3, 0.4) is 0 Å². The lowest BCUT2D eigenvalue weighted by atomic mass is 10.1. The predicted octanol–water partition coefficient (Wildman–Crippen LogP) is 3.37. The highest BCUT2D eigenvalue weighted by molar-refractivity contribution is 9.10. The summed E-state index contributed by atoms with van der Waals surface area (Å²) < 4.78 is 13.6. The summed E-state index contributed by atoms with van der Waals surface area (Å²) >= 11 is 3.34. The van der Waals surface area contributed by atoms with E-state index >= 15 is 0 Å². The highest BCUT2D eigenvalue weighted by atomic mass is 79.9. The molecular formula is C17H14BrFN2O2. The minimum atomic E-state index is -0.492. The zero-order valence-electron chi connectivity index (χ0n) is 12.3. The first-order valence-electron chi connectivity index (χ1n) is 6.76. The Morgan fingerprint density at radius 2 is 1.78 bits per heavy atom. The van der Waals surface area contributed by atoms with E-state index in [1.165, 1.54) is 24.3 Å². The van der Waals surface area contributed by atoms with Crippen LogP contribution in [-0.2, 0) is 4.79 Å². The van der Waals surface area contributed by atoms with Gasteiger partial charge in [-0.2, -0.15) is 0 Å². The Balaban J connectivity index is 1.89. The molecule has 0 unspecified atom stereocenters. The van der Waals surface area contributed by atoms with Crippen molar-refractivity contribution >= 4 is 33.8 Å². The molecule has 0 saturated heterocycles. The lowest BCUT2D eigenvalue weighted by molar-refractivity contribution is -0.117. The Hall–Kier alpha value is -2.47. The molecule has 4 nitrogen and oxygen atoms in total. The third-order valence-electron chi connectivity index (χ3n) is 3.03. The van der Waals surface area contributed by atoms with Gasteiger partial charge < -0.3 is 0 Å². The minimum Gasteiger partial charge on any atom is -0.268 e. The molecule has 6 heteroatoms. The maximum absolute atomic E-state index is 12.8. The Morgan fingerprint density at radius 1 is 1.09 bits per heavy atom. The maximum atomic E-state index is 12.8. The monoisotopic (exact) mass is 376 g/mol. The van der Waals surface area contributed by atoms with Crippen LogP contribution in [0.5, 0.6) is 0 Å². The molecule has 2 amide bonds. The molecule has 2 aromatic rings. The Labute approximate surface area is 141 Å². The summed E-state index contributed by atoms with van der Waals surface area (Å²) in [6.45, 7) is 1.91. The molecule has 2 N–H and O–H groups in total. The molecule has 0 radical (unpaired) electrons. The third kappa shape index (κ3) is 5.03. The first kappa shape index (κ1) is 16.9. The van der Waals surface area contributed by atoms with Crippen LogP contribution >= 0.6 is 15.9 Å². The van der Waals surface area contributed by atoms with Gasteiger partial charge in [0.25, 0.3) is 11.8 Å². The Kier molecular flexibility index (Phi) is 5.65. The van der Waals surface area contributed by atoms with E-state index in [2.05, 4.69) is 26.8 Å². The second-order valence-electron chi connectivity index (χ2n) is 4.79. The summed E-state index contributed by atoms with van der Waals surface area (Å²) in [4.78, 5) is 23.6. The van der Waals surface area contributed by atoms with Crippen LogP contribution in [0.2, 0.25) is 0 Å². The molecule has 0 aliphatic rings. The molecular weight excluding hydrogens is 363 g/mol. The molecule has 0 fully saturated rings. The van der Waals surface area contributed by atoms with Gasteiger partial charge in [0.1, 0.15) is 5.82 Å². The van der Waals surface area contributed by atoms with E-state index in [-0.39, 0.29) is 5.82 Å². The summed E-state index contributed by atoms with van der Waals surface area (Å²) in [5.74, 6) is -1.26. The van der Waals surface area contributed by atoms with Crippen LogP contribution in [0.15, 0.2) is 53.0 Å². The number of carbonyl (C=O) groups is 2. The first-order chi connectivity index (χ1) is 11.0. The van der Waals surface area contributed by atoms with E-state index in [0.29, 0.717) is 11.1 Å². The van der Waals surface area contributed by atoms with Crippen LogP contribution < -0.4 is 10.9 Å². The van der Waals surface area contributed by atoms with Gasteiger partial charge in [-0.3, -0.25) is 20.4 Å². The molecule has 2 rings (SSSR count). The van der Waals surface area contributed by atoms with Crippen LogP contribution in [0.1, 0.15) is 21.5 Å². The molecule has 0 aromatic heterocycles. The van der Waals surface area contributed by atoms with Gasteiger partial charge in [0, 0.05) is 16.1 Å². The minimum absolute atomic E-state index is 0.344.